The maximum absolute atomic E-state index is 13.7. The number of nitrogens with one attached hydrogen (secondary N) is 1. The molecule has 2 heterocycles. The van der Waals surface area contributed by atoms with Gasteiger partial charge in [-0.25, -0.2) is 4.39 Å². The predicted molar refractivity (Wildman–Crippen MR) is 90.4 cm³/mol. The lowest BCUT2D eigenvalue weighted by molar-refractivity contribution is -0.131. The smallest absolute Gasteiger partial charge is 0.230 e. The van der Waals surface area contributed by atoms with Gasteiger partial charge < -0.3 is 15.2 Å². The molecule has 1 aromatic heterocycles. The molecule has 1 aliphatic rings. The van der Waals surface area contributed by atoms with Gasteiger partial charge in [0.2, 0.25) is 5.91 Å². The lowest BCUT2D eigenvalue weighted by Gasteiger charge is -2.36. The van der Waals surface area contributed by atoms with Crippen LogP contribution in [0.3, 0.4) is 0 Å². The van der Waals surface area contributed by atoms with Crippen molar-refractivity contribution in [3.63, 3.8) is 0 Å². The molecule has 4 nitrogen and oxygen atoms in total. The zero-order valence-corrected chi connectivity index (χ0v) is 14.0. The molecule has 1 saturated heterocycles. The van der Waals surface area contributed by atoms with Crippen molar-refractivity contribution in [2.75, 3.05) is 19.8 Å². The van der Waals surface area contributed by atoms with E-state index in [1.54, 1.807) is 12.1 Å². The Morgan fingerprint density at radius 1 is 1.38 bits per heavy atom. The van der Waals surface area contributed by atoms with Crippen LogP contribution in [0.2, 0.25) is 0 Å². The highest BCUT2D eigenvalue weighted by Gasteiger charge is 2.41. The number of hydrogen-bond acceptors (Lipinski definition) is 4. The Labute approximate surface area is 144 Å². The first-order chi connectivity index (χ1) is 11.6. The fourth-order valence-corrected chi connectivity index (χ4v) is 3.80. The molecule has 1 aliphatic heterocycles. The lowest BCUT2D eigenvalue weighted by atomic mass is 9.73. The normalized spacial score (nSPS) is 18.1. The number of benzene rings is 1. The van der Waals surface area contributed by atoms with E-state index in [1.165, 1.54) is 23.5 Å². The van der Waals surface area contributed by atoms with E-state index in [4.69, 9.17) is 4.74 Å². The zero-order chi connectivity index (χ0) is 17.0. The van der Waals surface area contributed by atoms with Gasteiger partial charge in [-0.15, -0.1) is 0 Å². The Morgan fingerprint density at radius 2 is 2.17 bits per heavy atom. The highest BCUT2D eigenvalue weighted by Crippen LogP contribution is 2.35. The van der Waals surface area contributed by atoms with Crippen LogP contribution < -0.4 is 5.32 Å². The maximum atomic E-state index is 13.7. The molecule has 2 aromatic rings. The quantitative estimate of drug-likeness (QED) is 0.873. The van der Waals surface area contributed by atoms with Crippen molar-refractivity contribution in [2.45, 2.75) is 24.4 Å². The standard InChI is InChI=1S/C18H20FNO3S/c19-15-3-1-2-14(10-15)18(5-7-23-8-6-18)17(22)20-11-16(21)13-4-9-24-12-13/h1-4,9-10,12,16,21H,5-8,11H2,(H,20,22). The summed E-state index contributed by atoms with van der Waals surface area (Å²) in [6, 6.07) is 8.02. The monoisotopic (exact) mass is 349 g/mol. The van der Waals surface area contributed by atoms with Crippen LogP contribution in [0, 0.1) is 5.82 Å². The third-order valence-corrected chi connectivity index (χ3v) is 5.24. The molecule has 1 atom stereocenters. The van der Waals surface area contributed by atoms with Crippen LogP contribution in [0.25, 0.3) is 0 Å². The van der Waals surface area contributed by atoms with E-state index in [0.29, 0.717) is 31.6 Å². The van der Waals surface area contributed by atoms with Crippen LogP contribution in [0.4, 0.5) is 4.39 Å². The molecule has 6 heteroatoms. The molecule has 0 saturated carbocycles. The van der Waals surface area contributed by atoms with Gasteiger partial charge in [-0.1, -0.05) is 12.1 Å². The van der Waals surface area contributed by atoms with Gasteiger partial charge in [0.25, 0.3) is 0 Å². The molecule has 1 unspecified atom stereocenters. The van der Waals surface area contributed by atoms with Gasteiger partial charge in [-0.05, 0) is 52.9 Å². The van der Waals surface area contributed by atoms with E-state index in [9.17, 15) is 14.3 Å². The molecule has 0 spiro atoms. The number of halogens is 1. The fraction of sp³-hybridized carbons (Fsp3) is 0.389. The summed E-state index contributed by atoms with van der Waals surface area (Å²) in [6.45, 7) is 1.04. The molecule has 1 aromatic carbocycles. The van der Waals surface area contributed by atoms with Crippen LogP contribution in [0.15, 0.2) is 41.1 Å². The predicted octanol–water partition coefficient (Wildman–Crippen LogP) is 2.79. The average Bonchev–Trinajstić information content (AvgIpc) is 3.14. The second kappa shape index (κ2) is 7.42. The molecular weight excluding hydrogens is 329 g/mol. The van der Waals surface area contributed by atoms with Gasteiger partial charge in [-0.3, -0.25) is 4.79 Å². The minimum atomic E-state index is -0.811. The van der Waals surface area contributed by atoms with Crippen molar-refractivity contribution in [3.8, 4) is 0 Å². The number of rotatable bonds is 5. The molecule has 0 bridgehead atoms. The van der Waals surface area contributed by atoms with Gasteiger partial charge in [0.15, 0.2) is 0 Å². The summed E-state index contributed by atoms with van der Waals surface area (Å²) in [5.74, 6) is -0.546. The summed E-state index contributed by atoms with van der Waals surface area (Å²) in [4.78, 5) is 12.9. The second-order valence-corrected chi connectivity index (χ2v) is 6.77. The molecular formula is C18H20FNO3S. The van der Waals surface area contributed by atoms with Crippen LogP contribution in [-0.2, 0) is 14.9 Å². The first-order valence-electron chi connectivity index (χ1n) is 7.94. The highest BCUT2D eigenvalue weighted by molar-refractivity contribution is 7.07. The van der Waals surface area contributed by atoms with Crippen LogP contribution in [0.5, 0.6) is 0 Å². The van der Waals surface area contributed by atoms with Gasteiger partial charge in [-0.2, -0.15) is 11.3 Å². The molecule has 1 fully saturated rings. The van der Waals surface area contributed by atoms with Crippen molar-refractivity contribution in [2.24, 2.45) is 0 Å². The highest BCUT2D eigenvalue weighted by atomic mass is 32.1. The van der Waals surface area contributed by atoms with Gasteiger partial charge in [0, 0.05) is 19.8 Å². The summed E-state index contributed by atoms with van der Waals surface area (Å²) >= 11 is 1.50. The number of carbonyl (C=O) groups excluding carboxylic acids is 1. The number of carbonyl (C=O) groups is 1. The van der Waals surface area contributed by atoms with Crippen molar-refractivity contribution in [1.29, 1.82) is 0 Å². The lowest BCUT2D eigenvalue weighted by Crippen LogP contribution is -2.49. The second-order valence-electron chi connectivity index (χ2n) is 5.99. The van der Waals surface area contributed by atoms with Crippen molar-refractivity contribution < 1.29 is 19.0 Å². The van der Waals surface area contributed by atoms with E-state index < -0.39 is 11.5 Å². The molecule has 0 radical (unpaired) electrons. The Morgan fingerprint density at radius 3 is 2.83 bits per heavy atom. The summed E-state index contributed by atoms with van der Waals surface area (Å²) in [6.07, 6.45) is 0.248. The zero-order valence-electron chi connectivity index (χ0n) is 13.2. The topological polar surface area (TPSA) is 58.6 Å². The fourth-order valence-electron chi connectivity index (χ4n) is 3.09. The molecule has 24 heavy (non-hydrogen) atoms. The van der Waals surface area contributed by atoms with Crippen molar-refractivity contribution in [3.05, 3.63) is 58.0 Å². The third-order valence-electron chi connectivity index (χ3n) is 4.54. The number of aliphatic hydroxyl groups is 1. The van der Waals surface area contributed by atoms with E-state index in [2.05, 4.69) is 5.32 Å². The first-order valence-corrected chi connectivity index (χ1v) is 8.88. The number of thiophene rings is 1. The van der Waals surface area contributed by atoms with E-state index in [0.717, 1.165) is 5.56 Å². The maximum Gasteiger partial charge on any atom is 0.230 e. The Kier molecular flexibility index (Phi) is 5.28. The van der Waals surface area contributed by atoms with Crippen molar-refractivity contribution >= 4 is 17.2 Å². The first kappa shape index (κ1) is 17.1. The van der Waals surface area contributed by atoms with E-state index in [1.807, 2.05) is 16.8 Å². The van der Waals surface area contributed by atoms with Crippen LogP contribution in [-0.4, -0.2) is 30.8 Å². The average molecular weight is 349 g/mol. The summed E-state index contributed by atoms with van der Waals surface area (Å²) in [7, 11) is 0. The number of hydrogen-bond donors (Lipinski definition) is 2. The summed E-state index contributed by atoms with van der Waals surface area (Å²) in [5.41, 5.74) is 0.634. The Balaban J connectivity index is 1.77. The molecule has 2 N–H and O–H groups in total. The summed E-state index contributed by atoms with van der Waals surface area (Å²) < 4.78 is 19.0. The minimum Gasteiger partial charge on any atom is -0.387 e. The molecule has 128 valence electrons. The van der Waals surface area contributed by atoms with Gasteiger partial charge >= 0.3 is 0 Å². The molecule has 3 rings (SSSR count). The molecule has 1 amide bonds. The number of aliphatic hydroxyl groups excluding tert-OH is 1. The Bertz CT molecular complexity index is 683. The van der Waals surface area contributed by atoms with Crippen LogP contribution >= 0.6 is 11.3 Å². The SMILES string of the molecule is O=C(NCC(O)c1ccsc1)C1(c2cccc(F)c2)CCOCC1. The van der Waals surface area contributed by atoms with Crippen LogP contribution in [0.1, 0.15) is 30.1 Å². The summed E-state index contributed by atoms with van der Waals surface area (Å²) in [5, 5.41) is 16.7. The van der Waals surface area contributed by atoms with E-state index >= 15 is 0 Å². The Hall–Kier alpha value is -1.76. The number of amides is 1. The van der Waals surface area contributed by atoms with Crippen molar-refractivity contribution in [1.82, 2.24) is 5.32 Å². The van der Waals surface area contributed by atoms with E-state index in [-0.39, 0.29) is 18.3 Å². The molecule has 0 aliphatic carbocycles. The minimum absolute atomic E-state index is 0.132. The van der Waals surface area contributed by atoms with Gasteiger partial charge in [0.05, 0.1) is 11.5 Å². The van der Waals surface area contributed by atoms with Gasteiger partial charge in [0.1, 0.15) is 5.82 Å². The number of ether oxygens (including phenoxy) is 1. The largest absolute Gasteiger partial charge is 0.387 e. The third kappa shape index (κ3) is 3.50.